The summed E-state index contributed by atoms with van der Waals surface area (Å²) in [4.78, 5) is 17.9. The van der Waals surface area contributed by atoms with Crippen LogP contribution in [0, 0.1) is 0 Å². The molecule has 7 nitrogen and oxygen atoms in total. The zero-order valence-electron chi connectivity index (χ0n) is 17.0. The van der Waals surface area contributed by atoms with Crippen molar-refractivity contribution in [2.45, 2.75) is 18.5 Å². The molecule has 1 saturated heterocycles. The largest absolute Gasteiger partial charge is 0.478 e. The predicted octanol–water partition coefficient (Wildman–Crippen LogP) is 4.05. The van der Waals surface area contributed by atoms with Crippen molar-refractivity contribution in [1.29, 1.82) is 0 Å². The molecule has 1 aromatic carbocycles. The van der Waals surface area contributed by atoms with Gasteiger partial charge in [-0.1, -0.05) is 18.2 Å². The first-order chi connectivity index (χ1) is 15.1. The molecule has 0 saturated carbocycles. The van der Waals surface area contributed by atoms with Gasteiger partial charge in [0.25, 0.3) is 0 Å². The molecule has 3 aromatic rings. The number of carboxylic acid groups (broad SMARTS) is 1. The molecule has 31 heavy (non-hydrogen) atoms. The average Bonchev–Trinajstić information content (AvgIpc) is 3.39. The Morgan fingerprint density at radius 3 is 2.87 bits per heavy atom. The van der Waals surface area contributed by atoms with Crippen LogP contribution in [-0.4, -0.2) is 46.3 Å². The number of thiocarbonyl (C=S) groups is 1. The second kappa shape index (κ2) is 9.28. The van der Waals surface area contributed by atoms with Crippen LogP contribution in [-0.2, 0) is 4.74 Å². The number of carbonyl (C=O) groups is 1. The summed E-state index contributed by atoms with van der Waals surface area (Å²) >= 11 is 5.63. The molecule has 1 aliphatic rings. The van der Waals surface area contributed by atoms with Gasteiger partial charge in [-0.3, -0.25) is 4.98 Å². The van der Waals surface area contributed by atoms with Gasteiger partial charge in [-0.2, -0.15) is 0 Å². The number of furan rings is 1. The van der Waals surface area contributed by atoms with E-state index in [-0.39, 0.29) is 17.6 Å². The van der Waals surface area contributed by atoms with E-state index in [1.165, 1.54) is 0 Å². The maximum Gasteiger partial charge on any atom is 0.335 e. The summed E-state index contributed by atoms with van der Waals surface area (Å²) in [6, 6.07) is 15.9. The molecule has 0 bridgehead atoms. The van der Waals surface area contributed by atoms with Crippen LogP contribution >= 0.6 is 12.2 Å². The minimum absolute atomic E-state index is 0.166. The van der Waals surface area contributed by atoms with Crippen LogP contribution in [0.5, 0.6) is 0 Å². The van der Waals surface area contributed by atoms with Crippen molar-refractivity contribution in [2.24, 2.45) is 0 Å². The van der Waals surface area contributed by atoms with Crippen molar-refractivity contribution >= 4 is 23.3 Å². The van der Waals surface area contributed by atoms with Gasteiger partial charge in [0.1, 0.15) is 17.6 Å². The standard InChI is InChI=1S/C23H23N3O4S/c1-29-13-5-12-26-21(20(25-23(26)31)17-8-2-3-11-24-17)19-10-9-18(30-19)15-6-4-7-16(14-15)22(27)28/h2-4,6-11,14,20-21H,5,12-13H2,1H3,(H,25,31)(H,27,28)/t20-,21-/m0/s1. The van der Waals surface area contributed by atoms with Gasteiger partial charge < -0.3 is 24.5 Å². The normalized spacial score (nSPS) is 18.2. The van der Waals surface area contributed by atoms with E-state index in [2.05, 4.69) is 15.2 Å². The van der Waals surface area contributed by atoms with Crippen LogP contribution in [0.2, 0.25) is 0 Å². The van der Waals surface area contributed by atoms with Crippen LogP contribution in [0.3, 0.4) is 0 Å². The Bertz CT molecular complexity index is 1070. The average molecular weight is 438 g/mol. The zero-order chi connectivity index (χ0) is 21.8. The number of aromatic carboxylic acids is 1. The van der Waals surface area contributed by atoms with E-state index in [4.69, 9.17) is 21.4 Å². The van der Waals surface area contributed by atoms with Gasteiger partial charge in [0.15, 0.2) is 5.11 Å². The highest BCUT2D eigenvalue weighted by Gasteiger charge is 2.41. The number of rotatable bonds is 8. The van der Waals surface area contributed by atoms with Crippen molar-refractivity contribution in [3.63, 3.8) is 0 Å². The molecule has 0 spiro atoms. The van der Waals surface area contributed by atoms with Crippen molar-refractivity contribution in [2.75, 3.05) is 20.3 Å². The molecule has 2 aromatic heterocycles. The molecule has 1 fully saturated rings. The number of aromatic nitrogens is 1. The van der Waals surface area contributed by atoms with E-state index in [9.17, 15) is 9.90 Å². The third-order valence-corrected chi connectivity index (χ3v) is 5.61. The van der Waals surface area contributed by atoms with Crippen LogP contribution in [0.1, 0.15) is 40.3 Å². The van der Waals surface area contributed by atoms with Gasteiger partial charge in [-0.05, 0) is 55.0 Å². The molecule has 8 heteroatoms. The van der Waals surface area contributed by atoms with Crippen LogP contribution in [0.25, 0.3) is 11.3 Å². The van der Waals surface area contributed by atoms with Gasteiger partial charge in [-0.15, -0.1) is 0 Å². The van der Waals surface area contributed by atoms with E-state index >= 15 is 0 Å². The lowest BCUT2D eigenvalue weighted by molar-refractivity contribution is 0.0697. The molecule has 0 radical (unpaired) electrons. The quantitative estimate of drug-likeness (QED) is 0.403. The highest BCUT2D eigenvalue weighted by molar-refractivity contribution is 7.80. The SMILES string of the molecule is COCCCN1C(=S)N[C@@H](c2ccccn2)[C@@H]1c1ccc(-c2cccc(C(=O)O)c2)o1. The highest BCUT2D eigenvalue weighted by Crippen LogP contribution is 2.40. The minimum atomic E-state index is -0.974. The first-order valence-corrected chi connectivity index (χ1v) is 10.4. The molecule has 4 rings (SSSR count). The minimum Gasteiger partial charge on any atom is -0.478 e. The molecular weight excluding hydrogens is 414 g/mol. The molecule has 2 N–H and O–H groups in total. The number of ether oxygens (including phenoxy) is 1. The van der Waals surface area contributed by atoms with E-state index in [1.807, 2.05) is 36.4 Å². The Morgan fingerprint density at radius 1 is 1.26 bits per heavy atom. The molecule has 3 heterocycles. The number of pyridine rings is 1. The smallest absolute Gasteiger partial charge is 0.335 e. The Labute approximate surface area is 185 Å². The van der Waals surface area contributed by atoms with Crippen molar-refractivity contribution in [3.8, 4) is 11.3 Å². The van der Waals surface area contributed by atoms with E-state index in [1.54, 1.807) is 31.5 Å². The predicted molar refractivity (Wildman–Crippen MR) is 120 cm³/mol. The molecule has 0 aliphatic carbocycles. The summed E-state index contributed by atoms with van der Waals surface area (Å²) in [5.74, 6) is 0.363. The van der Waals surface area contributed by atoms with Gasteiger partial charge in [-0.25, -0.2) is 4.79 Å². The first-order valence-electron chi connectivity index (χ1n) is 9.99. The molecule has 0 amide bonds. The Morgan fingerprint density at radius 2 is 2.13 bits per heavy atom. The number of hydrogen-bond donors (Lipinski definition) is 2. The number of nitrogens with zero attached hydrogens (tertiary/aromatic N) is 2. The summed E-state index contributed by atoms with van der Waals surface area (Å²) in [5, 5.41) is 13.3. The van der Waals surface area contributed by atoms with Crippen molar-refractivity contribution in [3.05, 3.63) is 77.8 Å². The third-order valence-electron chi connectivity index (χ3n) is 5.26. The lowest BCUT2D eigenvalue weighted by Gasteiger charge is -2.25. The fraction of sp³-hybridized carbons (Fsp3) is 0.261. The Hall–Kier alpha value is -3.23. The lowest BCUT2D eigenvalue weighted by Crippen LogP contribution is -2.31. The van der Waals surface area contributed by atoms with Gasteiger partial charge >= 0.3 is 5.97 Å². The summed E-state index contributed by atoms with van der Waals surface area (Å²) in [6.07, 6.45) is 2.58. The fourth-order valence-electron chi connectivity index (χ4n) is 3.81. The van der Waals surface area contributed by atoms with Crippen molar-refractivity contribution < 1.29 is 19.1 Å². The Balaban J connectivity index is 1.68. The van der Waals surface area contributed by atoms with E-state index < -0.39 is 5.97 Å². The second-order valence-corrected chi connectivity index (χ2v) is 7.64. The third kappa shape index (κ3) is 4.45. The monoisotopic (exact) mass is 437 g/mol. The second-order valence-electron chi connectivity index (χ2n) is 7.25. The maximum absolute atomic E-state index is 11.3. The maximum atomic E-state index is 11.3. The van der Waals surface area contributed by atoms with Crippen LogP contribution in [0.4, 0.5) is 0 Å². The van der Waals surface area contributed by atoms with Gasteiger partial charge in [0, 0.05) is 32.0 Å². The van der Waals surface area contributed by atoms with Gasteiger partial charge in [0.05, 0.1) is 17.3 Å². The molecular formula is C23H23N3O4S. The number of methoxy groups -OCH3 is 1. The molecule has 0 unspecified atom stereocenters. The van der Waals surface area contributed by atoms with Crippen molar-refractivity contribution in [1.82, 2.24) is 15.2 Å². The highest BCUT2D eigenvalue weighted by atomic mass is 32.1. The van der Waals surface area contributed by atoms with E-state index in [0.717, 1.165) is 17.9 Å². The fourth-order valence-corrected chi connectivity index (χ4v) is 4.14. The summed E-state index contributed by atoms with van der Waals surface area (Å²) in [5.41, 5.74) is 1.79. The number of carboxylic acids is 1. The van der Waals surface area contributed by atoms with E-state index in [0.29, 0.717) is 29.6 Å². The summed E-state index contributed by atoms with van der Waals surface area (Å²) in [7, 11) is 1.68. The van der Waals surface area contributed by atoms with Gasteiger partial charge in [0.2, 0.25) is 0 Å². The molecule has 160 valence electrons. The summed E-state index contributed by atoms with van der Waals surface area (Å²) in [6.45, 7) is 1.34. The number of benzene rings is 1. The topological polar surface area (TPSA) is 87.8 Å². The Kier molecular flexibility index (Phi) is 6.29. The first kappa shape index (κ1) is 21.0. The lowest BCUT2D eigenvalue weighted by atomic mass is 10.0. The zero-order valence-corrected chi connectivity index (χ0v) is 17.8. The van der Waals surface area contributed by atoms with Crippen LogP contribution in [0.15, 0.2) is 65.2 Å². The number of hydrogen-bond acceptors (Lipinski definition) is 5. The number of nitrogens with one attached hydrogen (secondary N) is 1. The van der Waals surface area contributed by atoms with Crippen LogP contribution < -0.4 is 5.32 Å². The molecule has 2 atom stereocenters. The molecule has 1 aliphatic heterocycles. The summed E-state index contributed by atoms with van der Waals surface area (Å²) < 4.78 is 11.4.